The molecular weight excluding hydrogens is 669 g/mol. The van der Waals surface area contributed by atoms with E-state index in [1.807, 2.05) is 127 Å². The third-order valence-electron chi connectivity index (χ3n) is 9.45. The maximum Gasteiger partial charge on any atom is 0.166 e. The van der Waals surface area contributed by atoms with Gasteiger partial charge >= 0.3 is 0 Å². The number of fused-ring (bicyclic) bond motifs is 3. The van der Waals surface area contributed by atoms with Crippen molar-refractivity contribution in [2.24, 2.45) is 0 Å². The quantitative estimate of drug-likeness (QED) is 0.165. The topological polar surface area (TPSA) is 43.6 Å². The average Bonchev–Trinajstić information content (AvgIpc) is 3.73. The molecule has 0 N–H and O–H groups in total. The Morgan fingerprint density at radius 3 is 1.60 bits per heavy atom. The number of hydrogen-bond acceptors (Lipinski definition) is 3. The molecule has 0 amide bonds. The highest BCUT2D eigenvalue weighted by molar-refractivity contribution is 6.16. The molecule has 0 saturated carbocycles. The van der Waals surface area contributed by atoms with E-state index >= 15 is 0 Å². The van der Waals surface area contributed by atoms with Gasteiger partial charge in [-0.3, -0.25) is 0 Å². The van der Waals surface area contributed by atoms with Crippen molar-refractivity contribution in [3.63, 3.8) is 0 Å². The van der Waals surface area contributed by atoms with Crippen LogP contribution in [0.25, 0.3) is 95.0 Å². The Bertz CT molecular complexity index is 3570. The van der Waals surface area contributed by atoms with Gasteiger partial charge < -0.3 is 4.57 Å². The fourth-order valence-electron chi connectivity index (χ4n) is 6.90. The Labute approximate surface area is 336 Å². The minimum atomic E-state index is -0.705. The Balaban J connectivity index is 1.39. The zero-order chi connectivity index (χ0) is 47.0. The van der Waals surface area contributed by atoms with Crippen molar-refractivity contribution in [2.75, 3.05) is 0 Å². The second-order valence-corrected chi connectivity index (χ2v) is 12.7. The molecule has 0 aliphatic carbocycles. The van der Waals surface area contributed by atoms with Crippen LogP contribution in [0.2, 0.25) is 0 Å². The van der Waals surface area contributed by atoms with Gasteiger partial charge in [-0.2, -0.15) is 0 Å². The maximum atomic E-state index is 9.55. The summed E-state index contributed by atoms with van der Waals surface area (Å²) >= 11 is 0. The summed E-state index contributed by atoms with van der Waals surface area (Å²) in [5.41, 5.74) is 4.28. The van der Waals surface area contributed by atoms with Gasteiger partial charge in [0.2, 0.25) is 0 Å². The van der Waals surface area contributed by atoms with E-state index in [1.165, 1.54) is 4.57 Å². The minimum absolute atomic E-state index is 0.145. The molecule has 2 heterocycles. The summed E-state index contributed by atoms with van der Waals surface area (Å²) in [6.07, 6.45) is 0. The zero-order valence-corrected chi connectivity index (χ0v) is 29.0. The summed E-state index contributed by atoms with van der Waals surface area (Å²) in [6, 6.07) is 34.2. The first-order chi connectivity index (χ1) is 32.3. The fourth-order valence-corrected chi connectivity index (χ4v) is 6.90. The Morgan fingerprint density at radius 1 is 0.364 bits per heavy atom. The Hall–Kier alpha value is -7.43. The summed E-state index contributed by atoms with van der Waals surface area (Å²) in [4.78, 5) is 15.0. The molecule has 0 radical (unpaired) electrons. The number of aromatic nitrogens is 4. The van der Waals surface area contributed by atoms with Gasteiger partial charge in [0.05, 0.1) is 33.2 Å². The molecule has 2 aromatic heterocycles. The van der Waals surface area contributed by atoms with Crippen LogP contribution in [-0.2, 0) is 0 Å². The van der Waals surface area contributed by atoms with Crippen molar-refractivity contribution in [3.8, 4) is 73.2 Å². The summed E-state index contributed by atoms with van der Waals surface area (Å²) in [6.45, 7) is 0. The highest BCUT2D eigenvalue weighted by atomic mass is 15.1. The lowest BCUT2D eigenvalue weighted by molar-refractivity contribution is 1.06. The molecule has 55 heavy (non-hydrogen) atoms. The van der Waals surface area contributed by atoms with E-state index in [0.29, 0.717) is 33.9 Å². The molecule has 4 heteroatoms. The minimum Gasteiger partial charge on any atom is -0.308 e. The summed E-state index contributed by atoms with van der Waals surface area (Å²) in [5, 5.41) is -0.344. The molecular formula is C51H34N4. The number of nitrogens with zero attached hydrogens (tertiary/aromatic N) is 4. The van der Waals surface area contributed by atoms with Gasteiger partial charge in [-0.1, -0.05) is 176 Å². The van der Waals surface area contributed by atoms with Gasteiger partial charge in [-0.05, 0) is 63.7 Å². The average molecular weight is 715 g/mol. The summed E-state index contributed by atoms with van der Waals surface area (Å²) in [7, 11) is 0. The van der Waals surface area contributed by atoms with E-state index in [-0.39, 0.29) is 38.9 Å². The van der Waals surface area contributed by atoms with Crippen molar-refractivity contribution in [3.05, 3.63) is 206 Å². The van der Waals surface area contributed by atoms with Crippen LogP contribution in [0.5, 0.6) is 0 Å². The third kappa shape index (κ3) is 5.96. The molecule has 0 saturated heterocycles. The highest BCUT2D eigenvalue weighted by Gasteiger charge is 2.21. The Kier molecular flexibility index (Phi) is 5.52. The van der Waals surface area contributed by atoms with Crippen LogP contribution in [0.4, 0.5) is 0 Å². The van der Waals surface area contributed by atoms with Crippen molar-refractivity contribution < 1.29 is 16.4 Å². The van der Waals surface area contributed by atoms with Crippen molar-refractivity contribution in [1.82, 2.24) is 19.5 Å². The van der Waals surface area contributed by atoms with Gasteiger partial charge in [-0.25, -0.2) is 15.0 Å². The first kappa shape index (κ1) is 21.9. The molecule has 0 aliphatic heterocycles. The van der Waals surface area contributed by atoms with Gasteiger partial charge in [0.15, 0.2) is 17.5 Å². The third-order valence-corrected chi connectivity index (χ3v) is 9.45. The number of benzene rings is 8. The lowest BCUT2D eigenvalue weighted by atomic mass is 9.97. The van der Waals surface area contributed by atoms with E-state index in [1.54, 1.807) is 6.07 Å². The van der Waals surface area contributed by atoms with Gasteiger partial charge in [0, 0.05) is 27.5 Å². The second kappa shape index (κ2) is 13.8. The first-order valence-electron chi connectivity index (χ1n) is 23.6. The molecule has 8 aromatic carbocycles. The van der Waals surface area contributed by atoms with E-state index < -0.39 is 78.1 Å². The van der Waals surface area contributed by atoms with E-state index in [2.05, 4.69) is 0 Å². The monoisotopic (exact) mass is 714 g/mol. The molecule has 0 aliphatic rings. The van der Waals surface area contributed by atoms with Gasteiger partial charge in [-0.15, -0.1) is 0 Å². The predicted octanol–water partition coefficient (Wildman–Crippen LogP) is 13.0. The van der Waals surface area contributed by atoms with Crippen molar-refractivity contribution >= 4 is 21.8 Å². The van der Waals surface area contributed by atoms with E-state index in [0.717, 1.165) is 16.7 Å². The lowest BCUT2D eigenvalue weighted by Crippen LogP contribution is -2.04. The van der Waals surface area contributed by atoms with Crippen molar-refractivity contribution in [2.45, 2.75) is 0 Å². The standard InChI is InChI=1S/C51H34N4/c1-5-17-35(18-6-1)39-25-15-26-40(33-39)41-31-32-46(55-45-29-14-13-27-43(45)48-42(28-16-30-47(48)55)36-19-7-2-8-20-36)44(34-41)51-53-49(37-21-9-3-10-22-37)52-50(54-51)38-23-11-4-12-24-38/h1-34H/i2D,7D,8D,13D,14D,16D,19D,20D,27D,28D,29D,30D. The van der Waals surface area contributed by atoms with Crippen LogP contribution in [0.1, 0.15) is 16.4 Å². The van der Waals surface area contributed by atoms with E-state index in [9.17, 15) is 6.85 Å². The van der Waals surface area contributed by atoms with Crippen LogP contribution >= 0.6 is 0 Å². The van der Waals surface area contributed by atoms with Gasteiger partial charge in [0.25, 0.3) is 0 Å². The van der Waals surface area contributed by atoms with Crippen LogP contribution in [-0.4, -0.2) is 19.5 Å². The van der Waals surface area contributed by atoms with Crippen LogP contribution in [0, 0.1) is 0 Å². The van der Waals surface area contributed by atoms with Crippen LogP contribution < -0.4 is 0 Å². The normalized spacial score (nSPS) is 14.3. The lowest BCUT2D eigenvalue weighted by Gasteiger charge is -2.17. The Morgan fingerprint density at radius 2 is 0.909 bits per heavy atom. The van der Waals surface area contributed by atoms with Gasteiger partial charge in [0.1, 0.15) is 0 Å². The van der Waals surface area contributed by atoms with Crippen LogP contribution in [0.15, 0.2) is 206 Å². The smallest absolute Gasteiger partial charge is 0.166 e. The zero-order valence-electron chi connectivity index (χ0n) is 41.0. The molecule has 0 fully saturated rings. The number of hydrogen-bond donors (Lipinski definition) is 0. The van der Waals surface area contributed by atoms with E-state index in [4.69, 9.17) is 24.5 Å². The van der Waals surface area contributed by atoms with Crippen molar-refractivity contribution in [1.29, 1.82) is 0 Å². The predicted molar refractivity (Wildman–Crippen MR) is 227 cm³/mol. The molecule has 0 spiro atoms. The SMILES string of the molecule is [2H]c1c([2H])c([2H])c(-c2c([2H])c([2H])c([2H])c3c2c2c([2H])c([2H])c([2H])c([2H])c2n3-c2ccc(-c3cccc(-c4ccccc4)c3)cc2-c2nc(-c3ccccc3)nc(-c3ccccc3)n2)c([2H])c1[2H]. The molecule has 0 unspecified atom stereocenters. The molecule has 4 nitrogen and oxygen atoms in total. The molecule has 10 aromatic rings. The number of para-hydroxylation sites is 1. The number of rotatable bonds is 7. The van der Waals surface area contributed by atoms with Crippen LogP contribution in [0.3, 0.4) is 0 Å². The highest BCUT2D eigenvalue weighted by Crippen LogP contribution is 2.41. The second-order valence-electron chi connectivity index (χ2n) is 12.7. The summed E-state index contributed by atoms with van der Waals surface area (Å²) < 4.78 is 109. The maximum absolute atomic E-state index is 9.55. The fraction of sp³-hybridized carbons (Fsp3) is 0. The molecule has 0 bridgehead atoms. The molecule has 258 valence electrons. The molecule has 0 atom stereocenters. The summed E-state index contributed by atoms with van der Waals surface area (Å²) in [5.74, 6) is 0.807. The largest absolute Gasteiger partial charge is 0.308 e. The first-order valence-corrected chi connectivity index (χ1v) is 17.6. The molecule has 10 rings (SSSR count).